The second-order valence-electron chi connectivity index (χ2n) is 3.58. The van der Waals surface area contributed by atoms with E-state index in [0.717, 1.165) is 12.8 Å². The van der Waals surface area contributed by atoms with Crippen LogP contribution in [0.5, 0.6) is 0 Å². The Morgan fingerprint density at radius 1 is 1.08 bits per heavy atom. The van der Waals surface area contributed by atoms with Crippen molar-refractivity contribution >= 4 is 11.6 Å². The molecule has 1 saturated carbocycles. The van der Waals surface area contributed by atoms with E-state index in [9.17, 15) is 0 Å². The highest BCUT2D eigenvalue weighted by molar-refractivity contribution is 6.21. The van der Waals surface area contributed by atoms with Crippen molar-refractivity contribution in [2.45, 2.75) is 43.3 Å². The van der Waals surface area contributed by atoms with Gasteiger partial charge in [0.1, 0.15) is 0 Å². The van der Waals surface area contributed by atoms with Gasteiger partial charge in [0.25, 0.3) is 0 Å². The zero-order valence-corrected chi connectivity index (χ0v) is 7.98. The van der Waals surface area contributed by atoms with Crippen molar-refractivity contribution in [1.82, 2.24) is 0 Å². The molecule has 0 aromatic heterocycles. The lowest BCUT2D eigenvalue weighted by Crippen LogP contribution is -2.39. The zero-order valence-electron chi connectivity index (χ0n) is 7.22. The first kappa shape index (κ1) is 8.79. The molecule has 1 heterocycles. The fraction of sp³-hybridized carbons (Fsp3) is 1.00. The molecule has 3 heteroatoms. The van der Waals surface area contributed by atoms with Crippen LogP contribution in [0.4, 0.5) is 0 Å². The predicted octanol–water partition coefficient (Wildman–Crippen LogP) is 2.30. The molecule has 1 saturated heterocycles. The molecular weight excluding hydrogens is 176 g/mol. The summed E-state index contributed by atoms with van der Waals surface area (Å²) in [5.41, 5.74) is 0. The molecule has 0 radical (unpaired) electrons. The van der Waals surface area contributed by atoms with Crippen molar-refractivity contribution in [3.8, 4) is 0 Å². The van der Waals surface area contributed by atoms with Crippen molar-refractivity contribution in [1.29, 1.82) is 0 Å². The number of hydrogen-bond acceptors (Lipinski definition) is 2. The Kier molecular flexibility index (Phi) is 2.58. The molecule has 70 valence electrons. The first-order chi connectivity index (χ1) is 5.83. The molecule has 2 fully saturated rings. The maximum absolute atomic E-state index is 6.23. The van der Waals surface area contributed by atoms with Crippen LogP contribution in [0.3, 0.4) is 0 Å². The summed E-state index contributed by atoms with van der Waals surface area (Å²) in [4.78, 5) is 0. The van der Waals surface area contributed by atoms with Gasteiger partial charge in [-0.1, -0.05) is 12.8 Å². The first-order valence-electron chi connectivity index (χ1n) is 4.75. The summed E-state index contributed by atoms with van der Waals surface area (Å²) < 4.78 is 11.2. The molecular formula is C9H15ClO2. The minimum atomic E-state index is -0.419. The third-order valence-corrected chi connectivity index (χ3v) is 3.29. The average molecular weight is 191 g/mol. The third kappa shape index (κ3) is 1.48. The van der Waals surface area contributed by atoms with Crippen molar-refractivity contribution in [2.24, 2.45) is 0 Å². The second-order valence-corrected chi connectivity index (χ2v) is 4.10. The minimum absolute atomic E-state index is 0.0579. The van der Waals surface area contributed by atoms with Gasteiger partial charge < -0.3 is 9.47 Å². The molecule has 1 unspecified atom stereocenters. The lowest BCUT2D eigenvalue weighted by Gasteiger charge is -2.29. The Hall–Kier alpha value is 0.210. The molecule has 0 aromatic carbocycles. The van der Waals surface area contributed by atoms with Crippen molar-refractivity contribution in [3.63, 3.8) is 0 Å². The van der Waals surface area contributed by atoms with Crippen LogP contribution in [0.1, 0.15) is 32.1 Å². The normalized spacial score (nSPS) is 35.2. The van der Waals surface area contributed by atoms with Crippen LogP contribution in [0.15, 0.2) is 0 Å². The summed E-state index contributed by atoms with van der Waals surface area (Å²) >= 11 is 6.23. The van der Waals surface area contributed by atoms with E-state index in [2.05, 4.69) is 0 Å². The number of hydrogen-bond donors (Lipinski definition) is 0. The second kappa shape index (κ2) is 3.52. The maximum Gasteiger partial charge on any atom is 0.184 e. The Bertz CT molecular complexity index is 155. The quantitative estimate of drug-likeness (QED) is 0.546. The van der Waals surface area contributed by atoms with Gasteiger partial charge in [0, 0.05) is 6.42 Å². The average Bonchev–Trinajstić information content (AvgIpc) is 2.45. The molecule has 1 atom stereocenters. The van der Waals surface area contributed by atoms with Gasteiger partial charge in [-0.15, -0.1) is 11.6 Å². The smallest absolute Gasteiger partial charge is 0.184 e. The van der Waals surface area contributed by atoms with Crippen molar-refractivity contribution in [2.75, 3.05) is 13.2 Å². The maximum atomic E-state index is 6.23. The monoisotopic (exact) mass is 190 g/mol. The highest BCUT2D eigenvalue weighted by Crippen LogP contribution is 2.37. The molecule has 2 nitrogen and oxygen atoms in total. The number of alkyl halides is 1. The van der Waals surface area contributed by atoms with Crippen LogP contribution in [0, 0.1) is 0 Å². The Labute approximate surface area is 78.2 Å². The van der Waals surface area contributed by atoms with E-state index < -0.39 is 5.79 Å². The number of halogens is 1. The molecule has 1 aliphatic carbocycles. The summed E-state index contributed by atoms with van der Waals surface area (Å²) in [6, 6.07) is 0. The van der Waals surface area contributed by atoms with E-state index in [-0.39, 0.29) is 5.38 Å². The van der Waals surface area contributed by atoms with E-state index in [1.54, 1.807) is 0 Å². The molecule has 1 spiro atoms. The van der Waals surface area contributed by atoms with Crippen LogP contribution in [-0.2, 0) is 9.47 Å². The minimum Gasteiger partial charge on any atom is -0.346 e. The van der Waals surface area contributed by atoms with Gasteiger partial charge in [-0.2, -0.15) is 0 Å². The molecule has 1 aliphatic heterocycles. The van der Waals surface area contributed by atoms with E-state index in [0.29, 0.717) is 13.2 Å². The van der Waals surface area contributed by atoms with E-state index in [1.165, 1.54) is 19.3 Å². The van der Waals surface area contributed by atoms with E-state index in [4.69, 9.17) is 21.1 Å². The van der Waals surface area contributed by atoms with Crippen LogP contribution in [0.25, 0.3) is 0 Å². The third-order valence-electron chi connectivity index (χ3n) is 2.74. The Balaban J connectivity index is 2.08. The van der Waals surface area contributed by atoms with Crippen molar-refractivity contribution < 1.29 is 9.47 Å². The molecule has 2 aliphatic rings. The van der Waals surface area contributed by atoms with Crippen LogP contribution < -0.4 is 0 Å². The number of ether oxygens (including phenoxy) is 2. The molecule has 2 rings (SSSR count). The molecule has 0 bridgehead atoms. The van der Waals surface area contributed by atoms with E-state index >= 15 is 0 Å². The summed E-state index contributed by atoms with van der Waals surface area (Å²) in [5, 5.41) is 0.0579. The van der Waals surface area contributed by atoms with E-state index in [1.807, 2.05) is 0 Å². The SMILES string of the molecule is ClC1CCCCCC12OCCO2. The van der Waals surface area contributed by atoms with Crippen LogP contribution in [-0.4, -0.2) is 24.4 Å². The highest BCUT2D eigenvalue weighted by Gasteiger charge is 2.43. The standard InChI is InChI=1S/C9H15ClO2/c10-8-4-2-1-3-5-9(8)11-6-7-12-9/h8H,1-7H2. The van der Waals surface area contributed by atoms with Gasteiger partial charge in [0.15, 0.2) is 5.79 Å². The molecule has 12 heavy (non-hydrogen) atoms. The zero-order chi connectivity index (χ0) is 8.44. The van der Waals surface area contributed by atoms with Crippen LogP contribution in [0.2, 0.25) is 0 Å². The van der Waals surface area contributed by atoms with Gasteiger partial charge in [-0.25, -0.2) is 0 Å². The molecule has 0 N–H and O–H groups in total. The summed E-state index contributed by atoms with van der Waals surface area (Å²) in [5.74, 6) is -0.419. The highest BCUT2D eigenvalue weighted by atomic mass is 35.5. The lowest BCUT2D eigenvalue weighted by atomic mass is 10.1. The number of rotatable bonds is 0. The lowest BCUT2D eigenvalue weighted by molar-refractivity contribution is -0.161. The van der Waals surface area contributed by atoms with Gasteiger partial charge in [-0.3, -0.25) is 0 Å². The summed E-state index contributed by atoms with van der Waals surface area (Å²) in [6.07, 6.45) is 5.66. The summed E-state index contributed by atoms with van der Waals surface area (Å²) in [6.45, 7) is 1.42. The largest absolute Gasteiger partial charge is 0.346 e. The molecule has 0 amide bonds. The summed E-state index contributed by atoms with van der Waals surface area (Å²) in [7, 11) is 0. The molecule has 0 aromatic rings. The van der Waals surface area contributed by atoms with Gasteiger partial charge in [0.05, 0.1) is 18.6 Å². The van der Waals surface area contributed by atoms with Gasteiger partial charge in [0.2, 0.25) is 0 Å². The van der Waals surface area contributed by atoms with Crippen LogP contribution >= 0.6 is 11.6 Å². The topological polar surface area (TPSA) is 18.5 Å². The van der Waals surface area contributed by atoms with Crippen molar-refractivity contribution in [3.05, 3.63) is 0 Å². The fourth-order valence-corrected chi connectivity index (χ4v) is 2.43. The Morgan fingerprint density at radius 3 is 2.58 bits per heavy atom. The first-order valence-corrected chi connectivity index (χ1v) is 5.19. The van der Waals surface area contributed by atoms with Gasteiger partial charge in [-0.05, 0) is 12.8 Å². The Morgan fingerprint density at radius 2 is 1.83 bits per heavy atom. The predicted molar refractivity (Wildman–Crippen MR) is 47.4 cm³/mol. The van der Waals surface area contributed by atoms with Gasteiger partial charge >= 0.3 is 0 Å². The fourth-order valence-electron chi connectivity index (χ4n) is 2.04.